The van der Waals surface area contributed by atoms with E-state index in [0.29, 0.717) is 50.4 Å². The SMILES string of the molecule is COc1cccc(NC(=O)N2CCC3(CC2)OCC[C@@](C)(O)C3O)c1. The zero-order valence-electron chi connectivity index (χ0n) is 14.7. The van der Waals surface area contributed by atoms with E-state index < -0.39 is 17.3 Å². The van der Waals surface area contributed by atoms with Gasteiger partial charge in [0, 0.05) is 31.3 Å². The predicted molar refractivity (Wildman–Crippen MR) is 92.8 cm³/mol. The predicted octanol–water partition coefficient (Wildman–Crippen LogP) is 1.59. The second-order valence-electron chi connectivity index (χ2n) is 7.07. The van der Waals surface area contributed by atoms with Crippen LogP contribution in [-0.2, 0) is 4.74 Å². The van der Waals surface area contributed by atoms with Gasteiger partial charge >= 0.3 is 6.03 Å². The van der Waals surface area contributed by atoms with Gasteiger partial charge in [0.1, 0.15) is 17.5 Å². The fourth-order valence-electron chi connectivity index (χ4n) is 3.65. The maximum Gasteiger partial charge on any atom is 0.321 e. The minimum absolute atomic E-state index is 0.194. The van der Waals surface area contributed by atoms with Crippen molar-refractivity contribution in [1.82, 2.24) is 4.90 Å². The number of carbonyl (C=O) groups excluding carboxylic acids is 1. The van der Waals surface area contributed by atoms with Gasteiger partial charge in [0.15, 0.2) is 0 Å². The van der Waals surface area contributed by atoms with E-state index in [1.807, 2.05) is 12.1 Å². The van der Waals surface area contributed by atoms with Crippen LogP contribution in [0.15, 0.2) is 24.3 Å². The van der Waals surface area contributed by atoms with Crippen LogP contribution in [0.5, 0.6) is 5.75 Å². The molecule has 0 aliphatic carbocycles. The van der Waals surface area contributed by atoms with Crippen molar-refractivity contribution < 1.29 is 24.5 Å². The number of hydrogen-bond acceptors (Lipinski definition) is 5. The number of nitrogens with zero attached hydrogens (tertiary/aromatic N) is 1. The summed E-state index contributed by atoms with van der Waals surface area (Å²) in [6.07, 6.45) is 0.458. The summed E-state index contributed by atoms with van der Waals surface area (Å²) < 4.78 is 11.0. The summed E-state index contributed by atoms with van der Waals surface area (Å²) >= 11 is 0. The van der Waals surface area contributed by atoms with Gasteiger partial charge in [0.05, 0.1) is 19.3 Å². The maximum absolute atomic E-state index is 12.5. The molecular weight excluding hydrogens is 324 g/mol. The highest BCUT2D eigenvalue weighted by Gasteiger charge is 2.52. The molecule has 2 heterocycles. The third-order valence-electron chi connectivity index (χ3n) is 5.30. The molecular formula is C18H26N2O5. The van der Waals surface area contributed by atoms with E-state index in [0.717, 1.165) is 0 Å². The maximum atomic E-state index is 12.5. The molecule has 2 aliphatic rings. The Labute approximate surface area is 147 Å². The topological polar surface area (TPSA) is 91.3 Å². The average Bonchev–Trinajstić information content (AvgIpc) is 2.60. The molecule has 7 nitrogen and oxygen atoms in total. The average molecular weight is 350 g/mol. The normalized spacial score (nSPS) is 28.6. The van der Waals surface area contributed by atoms with Crippen LogP contribution in [0, 0.1) is 0 Å². The summed E-state index contributed by atoms with van der Waals surface area (Å²) in [5.41, 5.74) is -1.25. The van der Waals surface area contributed by atoms with Crippen LogP contribution in [0.3, 0.4) is 0 Å². The Morgan fingerprint density at radius 3 is 2.76 bits per heavy atom. The Morgan fingerprint density at radius 2 is 2.08 bits per heavy atom. The van der Waals surface area contributed by atoms with Crippen molar-refractivity contribution in [3.63, 3.8) is 0 Å². The number of aliphatic hydroxyl groups is 2. The number of amides is 2. The molecule has 138 valence electrons. The number of carbonyl (C=O) groups is 1. The molecule has 1 aromatic carbocycles. The van der Waals surface area contributed by atoms with Crippen molar-refractivity contribution in [3.8, 4) is 5.75 Å². The second-order valence-corrected chi connectivity index (χ2v) is 7.07. The number of ether oxygens (including phenoxy) is 2. The van der Waals surface area contributed by atoms with Gasteiger partial charge in [-0.3, -0.25) is 0 Å². The zero-order chi connectivity index (χ0) is 18.1. The van der Waals surface area contributed by atoms with Gasteiger partial charge in [0.2, 0.25) is 0 Å². The quantitative estimate of drug-likeness (QED) is 0.753. The number of nitrogens with one attached hydrogen (secondary N) is 1. The van der Waals surface area contributed by atoms with E-state index >= 15 is 0 Å². The van der Waals surface area contributed by atoms with Crippen LogP contribution in [0.2, 0.25) is 0 Å². The van der Waals surface area contributed by atoms with Crippen molar-refractivity contribution in [2.75, 3.05) is 32.1 Å². The van der Waals surface area contributed by atoms with Crippen molar-refractivity contribution in [1.29, 1.82) is 0 Å². The summed E-state index contributed by atoms with van der Waals surface area (Å²) in [4.78, 5) is 14.2. The summed E-state index contributed by atoms with van der Waals surface area (Å²) in [6.45, 7) is 2.98. The highest BCUT2D eigenvalue weighted by Crippen LogP contribution is 2.39. The zero-order valence-corrected chi connectivity index (χ0v) is 14.7. The first-order valence-corrected chi connectivity index (χ1v) is 8.61. The molecule has 0 bridgehead atoms. The number of methoxy groups -OCH3 is 1. The van der Waals surface area contributed by atoms with Crippen LogP contribution >= 0.6 is 0 Å². The smallest absolute Gasteiger partial charge is 0.321 e. The van der Waals surface area contributed by atoms with Crippen LogP contribution in [-0.4, -0.2) is 65.3 Å². The molecule has 1 aromatic rings. The highest BCUT2D eigenvalue weighted by atomic mass is 16.5. The van der Waals surface area contributed by atoms with Crippen LogP contribution in [0.1, 0.15) is 26.2 Å². The van der Waals surface area contributed by atoms with Gasteiger partial charge in [-0.05, 0) is 31.9 Å². The van der Waals surface area contributed by atoms with E-state index in [2.05, 4.69) is 5.32 Å². The van der Waals surface area contributed by atoms with Gasteiger partial charge in [-0.15, -0.1) is 0 Å². The Balaban J connectivity index is 1.61. The lowest BCUT2D eigenvalue weighted by Gasteiger charge is -2.51. The molecule has 0 aromatic heterocycles. The van der Waals surface area contributed by atoms with Gasteiger partial charge in [-0.1, -0.05) is 6.07 Å². The molecule has 25 heavy (non-hydrogen) atoms. The summed E-state index contributed by atoms with van der Waals surface area (Å²) in [7, 11) is 1.58. The number of hydrogen-bond donors (Lipinski definition) is 3. The first kappa shape index (κ1) is 18.0. The standard InChI is InChI=1S/C18H26N2O5/c1-17(23)8-11-25-18(15(17)21)6-9-20(10-7-18)16(22)19-13-4-3-5-14(12-13)24-2/h3-5,12,15,21,23H,6-11H2,1-2H3,(H,19,22)/t15?,17-/m1/s1. The minimum Gasteiger partial charge on any atom is -0.497 e. The number of aliphatic hydroxyl groups excluding tert-OH is 1. The van der Waals surface area contributed by atoms with Crippen molar-refractivity contribution in [2.45, 2.75) is 43.5 Å². The van der Waals surface area contributed by atoms with E-state index in [1.54, 1.807) is 31.1 Å². The number of anilines is 1. The third kappa shape index (κ3) is 3.58. The fraction of sp³-hybridized carbons (Fsp3) is 0.611. The Bertz CT molecular complexity index is 626. The molecule has 0 radical (unpaired) electrons. The molecule has 2 aliphatic heterocycles. The van der Waals surface area contributed by atoms with E-state index in [4.69, 9.17) is 9.47 Å². The van der Waals surface area contributed by atoms with Crippen molar-refractivity contribution in [2.24, 2.45) is 0 Å². The highest BCUT2D eigenvalue weighted by molar-refractivity contribution is 5.89. The second kappa shape index (κ2) is 6.82. The molecule has 7 heteroatoms. The largest absolute Gasteiger partial charge is 0.497 e. The molecule has 3 rings (SSSR count). The molecule has 2 fully saturated rings. The minimum atomic E-state index is -1.15. The number of urea groups is 1. The number of piperidine rings is 1. The fourth-order valence-corrected chi connectivity index (χ4v) is 3.65. The van der Waals surface area contributed by atoms with Gasteiger partial charge in [0.25, 0.3) is 0 Å². The number of rotatable bonds is 2. The summed E-state index contributed by atoms with van der Waals surface area (Å²) in [5.74, 6) is 0.677. The monoisotopic (exact) mass is 350 g/mol. The van der Waals surface area contributed by atoms with Crippen LogP contribution in [0.4, 0.5) is 10.5 Å². The van der Waals surface area contributed by atoms with Crippen LogP contribution < -0.4 is 10.1 Å². The lowest BCUT2D eigenvalue weighted by molar-refractivity contribution is -0.244. The summed E-state index contributed by atoms with van der Waals surface area (Å²) in [5, 5.41) is 23.7. The lowest BCUT2D eigenvalue weighted by Crippen LogP contribution is -2.64. The first-order chi connectivity index (χ1) is 11.9. The molecule has 2 atom stereocenters. The van der Waals surface area contributed by atoms with Crippen molar-refractivity contribution in [3.05, 3.63) is 24.3 Å². The van der Waals surface area contributed by atoms with E-state index in [-0.39, 0.29) is 6.03 Å². The Hall–Kier alpha value is -1.83. The first-order valence-electron chi connectivity index (χ1n) is 8.61. The molecule has 0 saturated carbocycles. The number of benzene rings is 1. The van der Waals surface area contributed by atoms with E-state index in [9.17, 15) is 15.0 Å². The van der Waals surface area contributed by atoms with Gasteiger partial charge in [-0.25, -0.2) is 4.79 Å². The molecule has 2 amide bonds. The van der Waals surface area contributed by atoms with Crippen LogP contribution in [0.25, 0.3) is 0 Å². The lowest BCUT2D eigenvalue weighted by atomic mass is 9.75. The van der Waals surface area contributed by atoms with E-state index in [1.165, 1.54) is 0 Å². The van der Waals surface area contributed by atoms with Crippen molar-refractivity contribution >= 4 is 11.7 Å². The Kier molecular flexibility index (Phi) is 4.90. The Morgan fingerprint density at radius 1 is 1.36 bits per heavy atom. The third-order valence-corrected chi connectivity index (χ3v) is 5.30. The molecule has 3 N–H and O–H groups in total. The van der Waals surface area contributed by atoms with Gasteiger partial charge < -0.3 is 29.9 Å². The summed E-state index contributed by atoms with van der Waals surface area (Å²) in [6, 6.07) is 6.99. The molecule has 1 spiro atoms. The van der Waals surface area contributed by atoms with Gasteiger partial charge in [-0.2, -0.15) is 0 Å². The molecule has 1 unspecified atom stereocenters. The number of likely N-dealkylation sites (tertiary alicyclic amines) is 1. The molecule has 2 saturated heterocycles.